The first kappa shape index (κ1) is 25.9. The van der Waals surface area contributed by atoms with Gasteiger partial charge in [0.2, 0.25) is 0 Å². The number of hydrogen-bond acceptors (Lipinski definition) is 6. The Morgan fingerprint density at radius 1 is 0.475 bits per heavy atom. The topological polar surface area (TPSA) is 0 Å². The molecule has 0 saturated heterocycles. The fourth-order valence-corrected chi connectivity index (χ4v) is 15.6. The molecule has 6 heterocycles. The standard InChI is InChI=1S/C34H30S6/c1-15-7-17(3)29(18(4)8-15)23-13-27-33(39-23)31-25(35-27)11-21(37-31)22-12-26-32(38-22)34-28(36-26)14-24(40-34)30-19(5)9-16(2)10-20(30)6/h7,9,11-14,18,20H,8,10H2,1-6H3/t18-,20?/m1/s1. The summed E-state index contributed by atoms with van der Waals surface area (Å²) in [6.07, 6.45) is 7.14. The number of fused-ring (bicyclic) bond motifs is 6. The first-order valence-corrected chi connectivity index (χ1v) is 18.8. The Morgan fingerprint density at radius 3 is 1.15 bits per heavy atom. The van der Waals surface area contributed by atoms with Crippen molar-refractivity contribution in [3.63, 3.8) is 0 Å². The second-order valence-corrected chi connectivity index (χ2v) is 18.2. The lowest BCUT2D eigenvalue weighted by atomic mass is 9.84. The molecule has 0 saturated carbocycles. The van der Waals surface area contributed by atoms with Crippen molar-refractivity contribution in [1.29, 1.82) is 0 Å². The van der Waals surface area contributed by atoms with Crippen LogP contribution in [0.3, 0.4) is 0 Å². The molecule has 6 heteroatoms. The normalized spacial score (nSPS) is 20.6. The van der Waals surface area contributed by atoms with Crippen LogP contribution in [0.2, 0.25) is 0 Å². The summed E-state index contributed by atoms with van der Waals surface area (Å²) in [5.41, 5.74) is 9.03. The Morgan fingerprint density at radius 2 is 0.800 bits per heavy atom. The molecule has 0 bridgehead atoms. The van der Waals surface area contributed by atoms with Gasteiger partial charge in [-0.2, -0.15) is 0 Å². The average molecular weight is 631 g/mol. The molecular weight excluding hydrogens is 601 g/mol. The van der Waals surface area contributed by atoms with Gasteiger partial charge in [-0.15, -0.1) is 68.0 Å². The predicted molar refractivity (Wildman–Crippen MR) is 189 cm³/mol. The monoisotopic (exact) mass is 630 g/mol. The molecule has 40 heavy (non-hydrogen) atoms. The summed E-state index contributed by atoms with van der Waals surface area (Å²) in [6.45, 7) is 13.9. The van der Waals surface area contributed by atoms with E-state index in [-0.39, 0.29) is 0 Å². The van der Waals surface area contributed by atoms with E-state index in [1.54, 1.807) is 11.1 Å². The molecule has 0 nitrogen and oxygen atoms in total. The summed E-state index contributed by atoms with van der Waals surface area (Å²) in [4.78, 5) is 5.80. The minimum atomic E-state index is 0.600. The van der Waals surface area contributed by atoms with Crippen molar-refractivity contribution in [2.75, 3.05) is 0 Å². The van der Waals surface area contributed by atoms with Crippen molar-refractivity contribution in [1.82, 2.24) is 0 Å². The SMILES string of the molecule is CC1=CC(C)=C(c2cc3sc4cc(-c5cc6sc7cc(C8=C(C)C=C(C)C[C@H]8C)sc7c6s5)sc4c3s2)C(C)C1. The zero-order valence-corrected chi connectivity index (χ0v) is 28.4. The second kappa shape index (κ2) is 9.35. The highest BCUT2D eigenvalue weighted by atomic mass is 32.1. The van der Waals surface area contributed by atoms with E-state index in [9.17, 15) is 0 Å². The molecule has 0 aliphatic heterocycles. The molecule has 2 aliphatic rings. The minimum absolute atomic E-state index is 0.600. The van der Waals surface area contributed by atoms with Crippen LogP contribution >= 0.6 is 68.0 Å². The van der Waals surface area contributed by atoms with Crippen molar-refractivity contribution >= 4 is 117 Å². The maximum atomic E-state index is 2.47. The Labute approximate surface area is 259 Å². The Balaban J connectivity index is 1.18. The van der Waals surface area contributed by atoms with E-state index in [2.05, 4.69) is 78.0 Å². The van der Waals surface area contributed by atoms with E-state index < -0.39 is 0 Å². The highest BCUT2D eigenvalue weighted by molar-refractivity contribution is 7.42. The Hall–Kier alpha value is -1.80. The lowest BCUT2D eigenvalue weighted by Crippen LogP contribution is -2.05. The summed E-state index contributed by atoms with van der Waals surface area (Å²) in [6, 6.07) is 9.84. The zero-order valence-electron chi connectivity index (χ0n) is 23.5. The van der Waals surface area contributed by atoms with Crippen LogP contribution in [0.5, 0.6) is 0 Å². The summed E-state index contributed by atoms with van der Waals surface area (Å²) < 4.78 is 11.8. The quantitative estimate of drug-likeness (QED) is 0.182. The van der Waals surface area contributed by atoms with E-state index in [1.165, 1.54) is 92.2 Å². The Kier molecular flexibility index (Phi) is 6.05. The number of hydrogen-bond donors (Lipinski definition) is 0. The lowest BCUT2D eigenvalue weighted by Gasteiger charge is -2.22. The molecule has 0 spiro atoms. The van der Waals surface area contributed by atoms with Gasteiger partial charge in [0.1, 0.15) is 0 Å². The van der Waals surface area contributed by atoms with Crippen LogP contribution in [0.15, 0.2) is 58.7 Å². The molecular formula is C34H30S6. The molecule has 1 unspecified atom stereocenters. The molecule has 0 amide bonds. The Bertz CT molecular complexity index is 1980. The third-order valence-corrected chi connectivity index (χ3v) is 16.3. The van der Waals surface area contributed by atoms with Crippen LogP contribution in [-0.4, -0.2) is 0 Å². The van der Waals surface area contributed by atoms with Crippen LogP contribution in [0.1, 0.15) is 64.1 Å². The maximum absolute atomic E-state index is 2.47. The van der Waals surface area contributed by atoms with Gasteiger partial charge in [0, 0.05) is 38.3 Å². The third kappa shape index (κ3) is 3.98. The van der Waals surface area contributed by atoms with Crippen LogP contribution in [-0.2, 0) is 0 Å². The van der Waals surface area contributed by atoms with Crippen LogP contribution < -0.4 is 0 Å². The number of rotatable bonds is 3. The summed E-state index contributed by atoms with van der Waals surface area (Å²) in [5, 5.41) is 0. The summed E-state index contributed by atoms with van der Waals surface area (Å²) >= 11 is 12.0. The molecule has 0 fully saturated rings. The van der Waals surface area contributed by atoms with Gasteiger partial charge in [0.25, 0.3) is 0 Å². The van der Waals surface area contributed by atoms with Gasteiger partial charge in [-0.1, -0.05) is 37.1 Å². The van der Waals surface area contributed by atoms with Gasteiger partial charge in [0.15, 0.2) is 0 Å². The van der Waals surface area contributed by atoms with Gasteiger partial charge >= 0.3 is 0 Å². The van der Waals surface area contributed by atoms with Crippen LogP contribution in [0.4, 0.5) is 0 Å². The molecule has 202 valence electrons. The largest absolute Gasteiger partial charge is 0.133 e. The molecule has 6 aromatic rings. The first-order valence-electron chi connectivity index (χ1n) is 13.9. The van der Waals surface area contributed by atoms with Crippen LogP contribution in [0.25, 0.3) is 58.5 Å². The van der Waals surface area contributed by atoms with E-state index in [4.69, 9.17) is 0 Å². The van der Waals surface area contributed by atoms with E-state index in [0.29, 0.717) is 11.8 Å². The van der Waals surface area contributed by atoms with Gasteiger partial charge < -0.3 is 0 Å². The van der Waals surface area contributed by atoms with E-state index in [0.717, 1.165) is 0 Å². The van der Waals surface area contributed by atoms with E-state index in [1.807, 2.05) is 68.0 Å². The first-order chi connectivity index (χ1) is 19.2. The molecule has 0 radical (unpaired) electrons. The average Bonchev–Trinajstić information content (AvgIpc) is 3.65. The zero-order chi connectivity index (χ0) is 27.4. The maximum Gasteiger partial charge on any atom is 0.0636 e. The van der Waals surface area contributed by atoms with Crippen molar-refractivity contribution in [3.05, 3.63) is 68.5 Å². The van der Waals surface area contributed by atoms with Crippen molar-refractivity contribution < 1.29 is 0 Å². The summed E-state index contributed by atoms with van der Waals surface area (Å²) in [5.74, 6) is 1.20. The second-order valence-electron chi connectivity index (χ2n) is 11.8. The van der Waals surface area contributed by atoms with Gasteiger partial charge in [-0.05, 0) is 98.9 Å². The van der Waals surface area contributed by atoms with Crippen molar-refractivity contribution in [3.8, 4) is 9.75 Å². The fraction of sp³-hybridized carbons (Fsp3) is 0.294. The minimum Gasteiger partial charge on any atom is -0.133 e. The van der Waals surface area contributed by atoms with Gasteiger partial charge in [0.05, 0.1) is 18.8 Å². The van der Waals surface area contributed by atoms with Gasteiger partial charge in [-0.25, -0.2) is 0 Å². The predicted octanol–water partition coefficient (Wildman–Crippen LogP) is 13.9. The lowest BCUT2D eigenvalue weighted by molar-refractivity contribution is 0.723. The smallest absolute Gasteiger partial charge is 0.0636 e. The van der Waals surface area contributed by atoms with Crippen LogP contribution in [0, 0.1) is 11.8 Å². The molecule has 2 atom stereocenters. The molecule has 0 aromatic carbocycles. The third-order valence-electron chi connectivity index (χ3n) is 8.44. The van der Waals surface area contributed by atoms with E-state index >= 15 is 0 Å². The fourth-order valence-electron chi connectivity index (χ4n) is 7.01. The molecule has 0 N–H and O–H groups in total. The summed E-state index contributed by atoms with van der Waals surface area (Å²) in [7, 11) is 0. The number of thiophene rings is 6. The molecule has 2 aliphatic carbocycles. The van der Waals surface area contributed by atoms with Gasteiger partial charge in [-0.3, -0.25) is 0 Å². The highest BCUT2D eigenvalue weighted by Gasteiger charge is 2.24. The molecule has 8 rings (SSSR count). The van der Waals surface area contributed by atoms with Crippen molar-refractivity contribution in [2.45, 2.75) is 54.4 Å². The molecule has 6 aromatic heterocycles. The highest BCUT2D eigenvalue weighted by Crippen LogP contribution is 2.53. The number of allylic oxidation sites excluding steroid dienone is 8. The van der Waals surface area contributed by atoms with Crippen molar-refractivity contribution in [2.24, 2.45) is 11.8 Å².